The minimum absolute atomic E-state index is 0.0870. The number of hydrogen-bond acceptors (Lipinski definition) is 4. The Morgan fingerprint density at radius 3 is 2.50 bits per heavy atom. The standard InChI is InChI=1S/C25H16F3N5O/c26-25(27,28)18-7-3-6-17(13-18)24(34)31-19-8-4-5-16(14-19)22-15-21(20-9-1-2-11-29-20)32-23-10-12-30-33(22)23/h1-15H,(H,31,34). The smallest absolute Gasteiger partial charge is 0.322 e. The summed E-state index contributed by atoms with van der Waals surface area (Å²) in [4.78, 5) is 21.6. The maximum Gasteiger partial charge on any atom is 0.416 e. The van der Waals surface area contributed by atoms with Gasteiger partial charge in [-0.1, -0.05) is 24.3 Å². The van der Waals surface area contributed by atoms with Gasteiger partial charge in [0.1, 0.15) is 0 Å². The van der Waals surface area contributed by atoms with Crippen molar-refractivity contribution in [3.8, 4) is 22.6 Å². The number of anilines is 1. The average molecular weight is 459 g/mol. The number of halogens is 3. The molecule has 1 N–H and O–H groups in total. The van der Waals surface area contributed by atoms with E-state index in [-0.39, 0.29) is 5.56 Å². The van der Waals surface area contributed by atoms with E-state index in [2.05, 4.69) is 20.4 Å². The predicted octanol–water partition coefficient (Wildman–Crippen LogP) is 5.73. The Hall–Kier alpha value is -4.53. The number of nitrogens with one attached hydrogen (secondary N) is 1. The van der Waals surface area contributed by atoms with Gasteiger partial charge in [-0.25, -0.2) is 9.50 Å². The predicted molar refractivity (Wildman–Crippen MR) is 121 cm³/mol. The Balaban J connectivity index is 1.49. The summed E-state index contributed by atoms with van der Waals surface area (Å²) in [6.45, 7) is 0. The highest BCUT2D eigenvalue weighted by atomic mass is 19.4. The number of carbonyl (C=O) groups is 1. The number of amides is 1. The van der Waals surface area contributed by atoms with Crippen molar-refractivity contribution in [3.63, 3.8) is 0 Å². The molecule has 0 saturated heterocycles. The topological polar surface area (TPSA) is 72.2 Å². The van der Waals surface area contributed by atoms with E-state index in [1.165, 1.54) is 12.1 Å². The van der Waals surface area contributed by atoms with Crippen molar-refractivity contribution in [2.24, 2.45) is 0 Å². The second-order valence-corrected chi connectivity index (χ2v) is 7.46. The van der Waals surface area contributed by atoms with E-state index in [4.69, 9.17) is 0 Å². The minimum atomic E-state index is -4.53. The molecule has 3 aromatic heterocycles. The van der Waals surface area contributed by atoms with Crippen LogP contribution in [0, 0.1) is 0 Å². The molecule has 0 bridgehead atoms. The molecule has 5 rings (SSSR count). The van der Waals surface area contributed by atoms with Gasteiger partial charge in [0.2, 0.25) is 0 Å². The van der Waals surface area contributed by atoms with Crippen LogP contribution < -0.4 is 5.32 Å². The molecule has 0 saturated carbocycles. The van der Waals surface area contributed by atoms with Crippen LogP contribution in [0.15, 0.2) is 91.3 Å². The van der Waals surface area contributed by atoms with E-state index in [0.717, 1.165) is 17.7 Å². The van der Waals surface area contributed by atoms with Gasteiger partial charge in [-0.15, -0.1) is 0 Å². The van der Waals surface area contributed by atoms with Crippen molar-refractivity contribution in [2.45, 2.75) is 6.18 Å². The summed E-state index contributed by atoms with van der Waals surface area (Å²) in [5.41, 5.74) is 2.88. The summed E-state index contributed by atoms with van der Waals surface area (Å²) < 4.78 is 40.7. The quantitative estimate of drug-likeness (QED) is 0.373. The van der Waals surface area contributed by atoms with Crippen molar-refractivity contribution in [2.75, 3.05) is 5.32 Å². The fraction of sp³-hybridized carbons (Fsp3) is 0.0400. The van der Waals surface area contributed by atoms with Gasteiger partial charge < -0.3 is 5.32 Å². The molecular formula is C25H16F3N5O. The third-order valence-corrected chi connectivity index (χ3v) is 5.15. The monoisotopic (exact) mass is 459 g/mol. The summed E-state index contributed by atoms with van der Waals surface area (Å²) >= 11 is 0. The SMILES string of the molecule is O=C(Nc1cccc(-c2cc(-c3ccccn3)nc3ccnn23)c1)c1cccc(C(F)(F)F)c1. The van der Waals surface area contributed by atoms with Crippen LogP contribution in [0.3, 0.4) is 0 Å². The first-order valence-electron chi connectivity index (χ1n) is 10.2. The van der Waals surface area contributed by atoms with Crippen LogP contribution in [0.25, 0.3) is 28.3 Å². The summed E-state index contributed by atoms with van der Waals surface area (Å²) in [5.74, 6) is -0.642. The number of benzene rings is 2. The Morgan fingerprint density at radius 2 is 1.71 bits per heavy atom. The lowest BCUT2D eigenvalue weighted by Gasteiger charge is -2.11. The number of fused-ring (bicyclic) bond motifs is 1. The van der Waals surface area contributed by atoms with Crippen molar-refractivity contribution in [3.05, 3.63) is 102 Å². The van der Waals surface area contributed by atoms with Crippen LogP contribution in [0.2, 0.25) is 0 Å². The minimum Gasteiger partial charge on any atom is -0.322 e. The fourth-order valence-corrected chi connectivity index (χ4v) is 3.56. The molecule has 0 aliphatic heterocycles. The van der Waals surface area contributed by atoms with Crippen LogP contribution in [0.4, 0.5) is 18.9 Å². The van der Waals surface area contributed by atoms with Gasteiger partial charge in [0.25, 0.3) is 5.91 Å². The van der Waals surface area contributed by atoms with Crippen molar-refractivity contribution in [1.29, 1.82) is 0 Å². The van der Waals surface area contributed by atoms with Crippen molar-refractivity contribution in [1.82, 2.24) is 19.6 Å². The molecule has 0 fully saturated rings. The second kappa shape index (κ2) is 8.43. The van der Waals surface area contributed by atoms with Crippen LogP contribution >= 0.6 is 0 Å². The third kappa shape index (κ3) is 4.23. The number of pyridine rings is 1. The highest BCUT2D eigenvalue weighted by molar-refractivity contribution is 6.04. The number of alkyl halides is 3. The molecule has 2 aromatic carbocycles. The first-order valence-corrected chi connectivity index (χ1v) is 10.2. The third-order valence-electron chi connectivity index (χ3n) is 5.15. The van der Waals surface area contributed by atoms with Crippen LogP contribution in [-0.2, 0) is 6.18 Å². The zero-order valence-corrected chi connectivity index (χ0v) is 17.5. The molecule has 0 spiro atoms. The van der Waals surface area contributed by atoms with Gasteiger partial charge >= 0.3 is 6.18 Å². The Labute approximate surface area is 191 Å². The second-order valence-electron chi connectivity index (χ2n) is 7.46. The lowest BCUT2D eigenvalue weighted by atomic mass is 10.1. The molecule has 0 aliphatic carbocycles. The Bertz CT molecular complexity index is 1500. The number of aromatic nitrogens is 4. The zero-order chi connectivity index (χ0) is 23.7. The van der Waals surface area contributed by atoms with E-state index >= 15 is 0 Å². The van der Waals surface area contributed by atoms with Gasteiger partial charge in [-0.2, -0.15) is 18.3 Å². The molecule has 1 amide bonds. The molecule has 5 aromatic rings. The normalized spacial score (nSPS) is 11.5. The summed E-state index contributed by atoms with van der Waals surface area (Å²) in [7, 11) is 0. The molecule has 0 unspecified atom stereocenters. The van der Waals surface area contributed by atoms with E-state index < -0.39 is 17.6 Å². The maximum absolute atomic E-state index is 13.0. The van der Waals surface area contributed by atoms with Gasteiger partial charge in [0, 0.05) is 29.1 Å². The fourth-order valence-electron chi connectivity index (χ4n) is 3.56. The Morgan fingerprint density at radius 1 is 0.853 bits per heavy atom. The molecule has 0 atom stereocenters. The largest absolute Gasteiger partial charge is 0.416 e. The highest BCUT2D eigenvalue weighted by Gasteiger charge is 2.30. The maximum atomic E-state index is 13.0. The van der Waals surface area contributed by atoms with E-state index in [9.17, 15) is 18.0 Å². The molecule has 6 nitrogen and oxygen atoms in total. The summed E-state index contributed by atoms with van der Waals surface area (Å²) in [6.07, 6.45) is -1.22. The van der Waals surface area contributed by atoms with E-state index in [0.29, 0.717) is 28.4 Å². The number of carbonyl (C=O) groups excluding carboxylic acids is 1. The molecule has 3 heterocycles. The summed E-state index contributed by atoms with van der Waals surface area (Å²) in [6, 6.07) is 20.4. The molecule has 168 valence electrons. The number of rotatable bonds is 4. The van der Waals surface area contributed by atoms with Gasteiger partial charge in [0.05, 0.1) is 28.8 Å². The highest BCUT2D eigenvalue weighted by Crippen LogP contribution is 2.30. The summed E-state index contributed by atoms with van der Waals surface area (Å²) in [5, 5.41) is 7.01. The average Bonchev–Trinajstić information content (AvgIpc) is 3.32. The van der Waals surface area contributed by atoms with Gasteiger partial charge in [-0.05, 0) is 48.5 Å². The first-order chi connectivity index (χ1) is 16.4. The zero-order valence-electron chi connectivity index (χ0n) is 17.5. The van der Waals surface area contributed by atoms with Gasteiger partial charge in [-0.3, -0.25) is 9.78 Å². The van der Waals surface area contributed by atoms with E-state index in [1.807, 2.05) is 30.3 Å². The number of nitrogens with zero attached hydrogens (tertiary/aromatic N) is 4. The lowest BCUT2D eigenvalue weighted by Crippen LogP contribution is -2.14. The van der Waals surface area contributed by atoms with Crippen molar-refractivity contribution < 1.29 is 18.0 Å². The number of hydrogen-bond donors (Lipinski definition) is 1. The van der Waals surface area contributed by atoms with Gasteiger partial charge in [0.15, 0.2) is 5.65 Å². The van der Waals surface area contributed by atoms with Crippen LogP contribution in [0.5, 0.6) is 0 Å². The molecule has 9 heteroatoms. The van der Waals surface area contributed by atoms with Crippen LogP contribution in [-0.4, -0.2) is 25.5 Å². The molecule has 0 radical (unpaired) electrons. The van der Waals surface area contributed by atoms with E-state index in [1.54, 1.807) is 41.2 Å². The first kappa shape index (κ1) is 21.3. The van der Waals surface area contributed by atoms with Crippen LogP contribution in [0.1, 0.15) is 15.9 Å². The van der Waals surface area contributed by atoms with Crippen molar-refractivity contribution >= 4 is 17.2 Å². The molecule has 0 aliphatic rings. The Kier molecular flexibility index (Phi) is 5.29. The molecular weight excluding hydrogens is 443 g/mol. The lowest BCUT2D eigenvalue weighted by molar-refractivity contribution is -0.137. The molecule has 34 heavy (non-hydrogen) atoms.